The van der Waals surface area contributed by atoms with E-state index in [4.69, 9.17) is 9.47 Å². The maximum atomic E-state index is 12.5. The second-order valence-corrected chi connectivity index (χ2v) is 6.27. The number of morpholine rings is 1. The number of methoxy groups -OCH3 is 1. The van der Waals surface area contributed by atoms with Crippen molar-refractivity contribution in [1.29, 1.82) is 0 Å². The highest BCUT2D eigenvalue weighted by Gasteiger charge is 2.34. The van der Waals surface area contributed by atoms with Gasteiger partial charge in [-0.05, 0) is 24.8 Å². The predicted molar refractivity (Wildman–Crippen MR) is 83.8 cm³/mol. The van der Waals surface area contributed by atoms with Gasteiger partial charge < -0.3 is 19.7 Å². The maximum Gasteiger partial charge on any atom is 0.336 e. The summed E-state index contributed by atoms with van der Waals surface area (Å²) in [5.74, 6) is -0.449. The maximum absolute atomic E-state index is 12.5. The first-order valence-corrected chi connectivity index (χ1v) is 8.25. The summed E-state index contributed by atoms with van der Waals surface area (Å²) in [4.78, 5) is 26.9. The standard InChI is InChI=1S/C15H22N2O4S/c1-4-11(13-6-5-7-22-13)16-15(19)17-8-10(2)21-12(9-17)14(18)20-3/h5-7,10-12H,4,8-9H2,1-3H3,(H,16,19)/t10-,11+,12-/m1/s1. The van der Waals surface area contributed by atoms with E-state index in [1.54, 1.807) is 16.2 Å². The number of ether oxygens (including phenoxy) is 2. The minimum atomic E-state index is -0.721. The van der Waals surface area contributed by atoms with Gasteiger partial charge in [-0.3, -0.25) is 0 Å². The molecule has 6 nitrogen and oxygen atoms in total. The zero-order valence-electron chi connectivity index (χ0n) is 13.1. The zero-order chi connectivity index (χ0) is 16.1. The van der Waals surface area contributed by atoms with Gasteiger partial charge in [-0.2, -0.15) is 0 Å². The number of nitrogens with one attached hydrogen (secondary N) is 1. The Bertz CT molecular complexity index is 506. The Balaban J connectivity index is 2.00. The number of rotatable bonds is 4. The SMILES string of the molecule is CC[C@H](NC(=O)N1C[C@@H](C)O[C@@H](C(=O)OC)C1)c1cccs1. The largest absolute Gasteiger partial charge is 0.467 e. The van der Waals surface area contributed by atoms with Crippen LogP contribution in [0.3, 0.4) is 0 Å². The lowest BCUT2D eigenvalue weighted by Crippen LogP contribution is -2.55. The van der Waals surface area contributed by atoms with Gasteiger partial charge in [0.1, 0.15) is 0 Å². The topological polar surface area (TPSA) is 67.9 Å². The van der Waals surface area contributed by atoms with Crippen LogP contribution in [0.5, 0.6) is 0 Å². The van der Waals surface area contributed by atoms with Crippen molar-refractivity contribution in [2.45, 2.75) is 38.5 Å². The number of nitrogens with zero attached hydrogens (tertiary/aromatic N) is 1. The molecule has 2 heterocycles. The lowest BCUT2D eigenvalue weighted by Gasteiger charge is -2.36. The Labute approximate surface area is 134 Å². The Kier molecular flexibility index (Phi) is 5.79. The first-order chi connectivity index (χ1) is 10.5. The molecule has 0 bridgehead atoms. The fourth-order valence-corrected chi connectivity index (χ4v) is 3.34. The van der Waals surface area contributed by atoms with Gasteiger partial charge in [-0.25, -0.2) is 9.59 Å². The Morgan fingerprint density at radius 3 is 2.91 bits per heavy atom. The van der Waals surface area contributed by atoms with E-state index in [0.717, 1.165) is 11.3 Å². The molecule has 2 amide bonds. The van der Waals surface area contributed by atoms with Crippen molar-refractivity contribution >= 4 is 23.3 Å². The number of esters is 1. The van der Waals surface area contributed by atoms with E-state index in [1.807, 2.05) is 31.4 Å². The van der Waals surface area contributed by atoms with E-state index < -0.39 is 12.1 Å². The minimum absolute atomic E-state index is 0.0118. The highest BCUT2D eigenvalue weighted by Crippen LogP contribution is 2.22. The molecule has 1 fully saturated rings. The van der Waals surface area contributed by atoms with Gasteiger partial charge in [0.05, 0.1) is 25.8 Å². The molecule has 0 unspecified atom stereocenters. The van der Waals surface area contributed by atoms with Crippen molar-refractivity contribution in [2.24, 2.45) is 0 Å². The van der Waals surface area contributed by atoms with Crippen molar-refractivity contribution in [3.63, 3.8) is 0 Å². The lowest BCUT2D eigenvalue weighted by atomic mass is 10.2. The third kappa shape index (κ3) is 3.98. The highest BCUT2D eigenvalue weighted by atomic mass is 32.1. The van der Waals surface area contributed by atoms with Gasteiger partial charge in [0.25, 0.3) is 0 Å². The normalized spacial score (nSPS) is 23.0. The molecule has 122 valence electrons. The number of hydrogen-bond acceptors (Lipinski definition) is 5. The molecule has 1 N–H and O–H groups in total. The molecule has 1 saturated heterocycles. The summed E-state index contributed by atoms with van der Waals surface area (Å²) in [5.41, 5.74) is 0. The van der Waals surface area contributed by atoms with Gasteiger partial charge in [0, 0.05) is 11.4 Å². The summed E-state index contributed by atoms with van der Waals surface area (Å²) in [6.07, 6.45) is -0.112. The molecule has 7 heteroatoms. The van der Waals surface area contributed by atoms with Gasteiger partial charge in [-0.15, -0.1) is 11.3 Å². The molecule has 2 rings (SSSR count). The van der Waals surface area contributed by atoms with E-state index in [2.05, 4.69) is 5.32 Å². The molecule has 1 aliphatic heterocycles. The fraction of sp³-hybridized carbons (Fsp3) is 0.600. The van der Waals surface area contributed by atoms with Gasteiger partial charge >= 0.3 is 12.0 Å². The van der Waals surface area contributed by atoms with Crippen molar-refractivity contribution < 1.29 is 19.1 Å². The number of amides is 2. The molecule has 3 atom stereocenters. The van der Waals surface area contributed by atoms with Crippen molar-refractivity contribution in [2.75, 3.05) is 20.2 Å². The van der Waals surface area contributed by atoms with Gasteiger partial charge in [-0.1, -0.05) is 13.0 Å². The average molecular weight is 326 g/mol. The van der Waals surface area contributed by atoms with Crippen LogP contribution in [0, 0.1) is 0 Å². The third-order valence-electron chi connectivity index (χ3n) is 3.60. The monoisotopic (exact) mass is 326 g/mol. The number of urea groups is 1. The number of hydrogen-bond donors (Lipinski definition) is 1. The van der Waals surface area contributed by atoms with Crippen molar-refractivity contribution in [1.82, 2.24) is 10.2 Å². The van der Waals surface area contributed by atoms with Crippen LogP contribution in [0.2, 0.25) is 0 Å². The lowest BCUT2D eigenvalue weighted by molar-refractivity contribution is -0.164. The number of carbonyl (C=O) groups is 2. The smallest absolute Gasteiger partial charge is 0.336 e. The predicted octanol–water partition coefficient (Wildman–Crippen LogP) is 2.17. The van der Waals surface area contributed by atoms with Crippen LogP contribution in [-0.4, -0.2) is 49.3 Å². The Hall–Kier alpha value is -1.60. The quantitative estimate of drug-likeness (QED) is 0.861. The molecule has 1 aliphatic rings. The molecule has 0 aliphatic carbocycles. The van der Waals surface area contributed by atoms with Crippen LogP contribution < -0.4 is 5.32 Å². The van der Waals surface area contributed by atoms with Crippen LogP contribution in [0.25, 0.3) is 0 Å². The van der Waals surface area contributed by atoms with E-state index in [1.165, 1.54) is 7.11 Å². The molecule has 0 spiro atoms. The summed E-state index contributed by atoms with van der Waals surface area (Å²) in [6.45, 7) is 4.54. The second kappa shape index (κ2) is 7.60. The van der Waals surface area contributed by atoms with E-state index in [-0.39, 0.29) is 24.7 Å². The van der Waals surface area contributed by atoms with E-state index >= 15 is 0 Å². The average Bonchev–Trinajstić information content (AvgIpc) is 3.05. The number of carbonyl (C=O) groups excluding carboxylic acids is 2. The Morgan fingerprint density at radius 1 is 1.55 bits per heavy atom. The summed E-state index contributed by atoms with van der Waals surface area (Å²) < 4.78 is 10.2. The van der Waals surface area contributed by atoms with Crippen molar-refractivity contribution in [3.8, 4) is 0 Å². The molecular weight excluding hydrogens is 304 g/mol. The zero-order valence-corrected chi connectivity index (χ0v) is 13.9. The highest BCUT2D eigenvalue weighted by molar-refractivity contribution is 7.10. The van der Waals surface area contributed by atoms with E-state index in [0.29, 0.717) is 6.54 Å². The van der Waals surface area contributed by atoms with Gasteiger partial charge in [0.2, 0.25) is 0 Å². The first-order valence-electron chi connectivity index (χ1n) is 7.37. The summed E-state index contributed by atoms with van der Waals surface area (Å²) in [5, 5.41) is 5.02. The molecule has 0 radical (unpaired) electrons. The molecular formula is C15H22N2O4S. The number of thiophene rings is 1. The van der Waals surface area contributed by atoms with Crippen LogP contribution in [0.15, 0.2) is 17.5 Å². The molecule has 1 aromatic rings. The summed E-state index contributed by atoms with van der Waals surface area (Å²) in [6, 6.07) is 3.79. The molecule has 0 saturated carbocycles. The summed E-state index contributed by atoms with van der Waals surface area (Å²) >= 11 is 1.62. The first kappa shape index (κ1) is 16.8. The van der Waals surface area contributed by atoms with Crippen molar-refractivity contribution in [3.05, 3.63) is 22.4 Å². The van der Waals surface area contributed by atoms with Crippen LogP contribution >= 0.6 is 11.3 Å². The Morgan fingerprint density at radius 2 is 2.32 bits per heavy atom. The van der Waals surface area contributed by atoms with Crippen LogP contribution in [0.4, 0.5) is 4.79 Å². The second-order valence-electron chi connectivity index (χ2n) is 5.29. The van der Waals surface area contributed by atoms with E-state index in [9.17, 15) is 9.59 Å². The molecule has 0 aromatic carbocycles. The molecule has 22 heavy (non-hydrogen) atoms. The van der Waals surface area contributed by atoms with Crippen LogP contribution in [0.1, 0.15) is 31.2 Å². The summed E-state index contributed by atoms with van der Waals surface area (Å²) in [7, 11) is 1.32. The molecule has 1 aromatic heterocycles. The minimum Gasteiger partial charge on any atom is -0.467 e. The van der Waals surface area contributed by atoms with Gasteiger partial charge in [0.15, 0.2) is 6.10 Å². The third-order valence-corrected chi connectivity index (χ3v) is 4.59. The fourth-order valence-electron chi connectivity index (χ4n) is 2.48. The van der Waals surface area contributed by atoms with Crippen LogP contribution in [-0.2, 0) is 14.3 Å².